The Hall–Kier alpha value is -4.20. The molecule has 8 heteroatoms. The lowest BCUT2D eigenvalue weighted by Crippen LogP contribution is -2.29. The maximum Gasteiger partial charge on any atom is 0.263 e. The molecule has 6 aromatic rings. The smallest absolute Gasteiger partial charge is 0.263 e. The highest BCUT2D eigenvalue weighted by Gasteiger charge is 2.25. The van der Waals surface area contributed by atoms with Gasteiger partial charge in [-0.05, 0) is 60.4 Å². The van der Waals surface area contributed by atoms with E-state index in [0.717, 1.165) is 47.4 Å². The van der Waals surface area contributed by atoms with Gasteiger partial charge in [-0.2, -0.15) is 9.13 Å². The van der Waals surface area contributed by atoms with Gasteiger partial charge in [0.15, 0.2) is 0 Å². The van der Waals surface area contributed by atoms with Crippen LogP contribution in [-0.2, 0) is 14.1 Å². The van der Waals surface area contributed by atoms with Crippen LogP contribution in [0.2, 0.25) is 0 Å². The molecule has 0 saturated heterocycles. The monoisotopic (exact) mass is 788 g/mol. The molecule has 0 unspecified atom stereocenters. The molecule has 2 aliphatic rings. The van der Waals surface area contributed by atoms with Crippen molar-refractivity contribution in [2.45, 2.75) is 51.4 Å². The van der Waals surface area contributed by atoms with Crippen molar-refractivity contribution in [3.63, 3.8) is 0 Å². The van der Waals surface area contributed by atoms with Crippen molar-refractivity contribution < 1.29 is 9.13 Å². The Bertz CT molecular complexity index is 2260. The molecule has 4 nitrogen and oxygen atoms in total. The average molecular weight is 790 g/mol. The zero-order chi connectivity index (χ0) is 37.0. The minimum Gasteiger partial charge on any atom is -0.332 e. The molecule has 0 fully saturated rings. The predicted octanol–water partition coefficient (Wildman–Crippen LogP) is 12.5. The Morgan fingerprint density at radius 2 is 0.870 bits per heavy atom. The molecule has 2 aromatic heterocycles. The van der Waals surface area contributed by atoms with Crippen LogP contribution in [0.5, 0.6) is 0 Å². The molecule has 0 saturated carbocycles. The van der Waals surface area contributed by atoms with Gasteiger partial charge in [0.25, 0.3) is 10.0 Å². The van der Waals surface area contributed by atoms with E-state index >= 15 is 0 Å². The van der Waals surface area contributed by atoms with Crippen LogP contribution in [0.15, 0.2) is 120 Å². The standard InChI is InChI=1S/C46H46Cl2N4S2/c1-49-39-23-13-15-25-41(39)53-45(49)31-33-29-43(47)51(37-21-11-9-19-35(33)37)27-17-7-5-3-4-6-8-18-28-52-38-22-12-10-20-36(38)34(30-44(52)48)32-46-50(2)40-24-14-16-26-42(40)54-46/h9-16,19-26,29-32H,3-8,17-18,27-28H2,1-2H3/q+2. The molecule has 0 atom stereocenters. The number of hydrogen-bond donors (Lipinski definition) is 0. The van der Waals surface area contributed by atoms with Crippen LogP contribution < -0.4 is 18.9 Å². The number of allylic oxidation sites excluding steroid dienone is 4. The number of anilines is 2. The van der Waals surface area contributed by atoms with Crippen molar-refractivity contribution in [3.05, 3.63) is 141 Å². The topological polar surface area (TPSA) is 14.2 Å². The van der Waals surface area contributed by atoms with Gasteiger partial charge in [0.05, 0.1) is 0 Å². The first kappa shape index (κ1) is 36.8. The number of unbranched alkanes of at least 4 members (excludes halogenated alkanes) is 7. The molecular weight excluding hydrogens is 744 g/mol. The molecule has 8 rings (SSSR count). The van der Waals surface area contributed by atoms with E-state index in [2.05, 4.69) is 154 Å². The van der Waals surface area contributed by atoms with E-state index in [1.54, 1.807) is 0 Å². The number of hydrogen-bond acceptors (Lipinski definition) is 4. The van der Waals surface area contributed by atoms with E-state index in [-0.39, 0.29) is 0 Å². The lowest BCUT2D eigenvalue weighted by molar-refractivity contribution is -0.642. The Morgan fingerprint density at radius 1 is 0.500 bits per heavy atom. The summed E-state index contributed by atoms with van der Waals surface area (Å²) in [5.41, 5.74) is 9.70. The number of aromatic nitrogens is 2. The summed E-state index contributed by atoms with van der Waals surface area (Å²) in [5, 5.41) is 4.03. The first-order chi connectivity index (χ1) is 26.5. The van der Waals surface area contributed by atoms with E-state index in [1.807, 2.05) is 22.7 Å². The molecule has 0 aliphatic carbocycles. The average Bonchev–Trinajstić information content (AvgIpc) is 3.68. The van der Waals surface area contributed by atoms with Gasteiger partial charge in [0.2, 0.25) is 11.0 Å². The van der Waals surface area contributed by atoms with Gasteiger partial charge in [-0.25, -0.2) is 0 Å². The van der Waals surface area contributed by atoms with Gasteiger partial charge in [0, 0.05) is 59.9 Å². The third kappa shape index (κ3) is 7.67. The number of aryl methyl sites for hydroxylation is 2. The summed E-state index contributed by atoms with van der Waals surface area (Å²) < 4.78 is 7.12. The number of nitrogens with zero attached hydrogens (tertiary/aromatic N) is 4. The SMILES string of the molecule is C[n+]1c(/C=C2\C=C(Cl)N(CCCCCCCCCCN3C(Cl)=C/C(=C\c4sc5ccccc5[n+]4C)c4ccccc43)c3ccccc32)sc2ccccc21. The summed E-state index contributed by atoms with van der Waals surface area (Å²) in [6, 6.07) is 34.5. The lowest BCUT2D eigenvalue weighted by Gasteiger charge is -2.30. The first-order valence-electron chi connectivity index (χ1n) is 19.1. The largest absolute Gasteiger partial charge is 0.332 e. The third-order valence-electron chi connectivity index (χ3n) is 10.7. The minimum absolute atomic E-state index is 0.799. The van der Waals surface area contributed by atoms with Crippen LogP contribution in [0.3, 0.4) is 0 Å². The summed E-state index contributed by atoms with van der Waals surface area (Å²) in [6.07, 6.45) is 18.6. The van der Waals surface area contributed by atoms with Crippen LogP contribution >= 0.6 is 45.9 Å². The molecule has 0 radical (unpaired) electrons. The minimum atomic E-state index is 0.799. The fourth-order valence-corrected chi connectivity index (χ4v) is 10.5. The van der Waals surface area contributed by atoms with Crippen LogP contribution in [0.25, 0.3) is 43.7 Å². The summed E-state index contributed by atoms with van der Waals surface area (Å²) in [6.45, 7) is 1.86. The van der Waals surface area contributed by atoms with Crippen molar-refractivity contribution in [2.24, 2.45) is 14.1 Å². The van der Waals surface area contributed by atoms with Gasteiger partial charge < -0.3 is 9.80 Å². The normalized spacial score (nSPS) is 15.6. The number of rotatable bonds is 13. The number of fused-ring (bicyclic) bond motifs is 4. The molecule has 54 heavy (non-hydrogen) atoms. The van der Waals surface area contributed by atoms with Gasteiger partial charge in [0.1, 0.15) is 33.8 Å². The number of thiazole rings is 2. The summed E-state index contributed by atoms with van der Waals surface area (Å²) in [7, 11) is 4.28. The molecule has 0 spiro atoms. The molecule has 0 bridgehead atoms. The van der Waals surface area contributed by atoms with Gasteiger partial charge in [-0.3, -0.25) is 0 Å². The first-order valence-corrected chi connectivity index (χ1v) is 21.5. The Labute approximate surface area is 337 Å². The summed E-state index contributed by atoms with van der Waals surface area (Å²) in [5.74, 6) is 0. The Balaban J connectivity index is 0.796. The van der Waals surface area contributed by atoms with Crippen molar-refractivity contribution in [2.75, 3.05) is 22.9 Å². The van der Waals surface area contributed by atoms with Crippen molar-refractivity contribution >= 4 is 101 Å². The van der Waals surface area contributed by atoms with Crippen molar-refractivity contribution in [1.82, 2.24) is 0 Å². The zero-order valence-corrected chi connectivity index (χ0v) is 34.1. The number of para-hydroxylation sites is 4. The maximum atomic E-state index is 6.98. The van der Waals surface area contributed by atoms with Crippen LogP contribution in [0.4, 0.5) is 11.4 Å². The molecular formula is C46H46Cl2N4S2+2. The summed E-state index contributed by atoms with van der Waals surface area (Å²) >= 11 is 17.6. The van der Waals surface area contributed by atoms with Crippen molar-refractivity contribution in [3.8, 4) is 0 Å². The third-order valence-corrected chi connectivity index (χ3v) is 13.6. The quantitative estimate of drug-likeness (QED) is 0.0657. The fourth-order valence-electron chi connectivity index (χ4n) is 7.76. The number of benzene rings is 4. The highest BCUT2D eigenvalue weighted by molar-refractivity contribution is 7.19. The van der Waals surface area contributed by atoms with E-state index in [1.165, 1.54) is 91.5 Å². The van der Waals surface area contributed by atoms with E-state index in [9.17, 15) is 0 Å². The van der Waals surface area contributed by atoms with Gasteiger partial charge >= 0.3 is 0 Å². The number of halogens is 2. The highest BCUT2D eigenvalue weighted by Crippen LogP contribution is 2.40. The Kier molecular flexibility index (Phi) is 11.3. The molecule has 4 aromatic carbocycles. The predicted molar refractivity (Wildman–Crippen MR) is 234 cm³/mol. The molecule has 4 heterocycles. The highest BCUT2D eigenvalue weighted by atomic mass is 35.5. The second-order valence-corrected chi connectivity index (χ2v) is 17.1. The van der Waals surface area contributed by atoms with Crippen LogP contribution in [-0.4, -0.2) is 13.1 Å². The summed E-state index contributed by atoms with van der Waals surface area (Å²) in [4.78, 5) is 4.58. The van der Waals surface area contributed by atoms with Gasteiger partial charge in [-0.15, -0.1) is 0 Å². The van der Waals surface area contributed by atoms with Crippen LogP contribution in [0.1, 0.15) is 72.5 Å². The maximum absolute atomic E-state index is 6.98. The molecule has 0 N–H and O–H groups in total. The zero-order valence-electron chi connectivity index (χ0n) is 31.0. The fraction of sp³-hybridized carbons (Fsp3) is 0.261. The second kappa shape index (κ2) is 16.7. The van der Waals surface area contributed by atoms with Crippen molar-refractivity contribution in [1.29, 1.82) is 0 Å². The van der Waals surface area contributed by atoms with E-state index < -0.39 is 0 Å². The Morgan fingerprint density at radius 3 is 1.30 bits per heavy atom. The van der Waals surface area contributed by atoms with Gasteiger partial charge in [-0.1, -0.05) is 145 Å². The second-order valence-electron chi connectivity index (χ2n) is 14.2. The van der Waals surface area contributed by atoms with E-state index in [4.69, 9.17) is 23.2 Å². The molecule has 2 aliphatic heterocycles. The molecule has 0 amide bonds. The van der Waals surface area contributed by atoms with E-state index in [0.29, 0.717) is 0 Å². The lowest BCUT2D eigenvalue weighted by atomic mass is 9.99. The molecule has 274 valence electrons. The van der Waals surface area contributed by atoms with Crippen LogP contribution in [0, 0.1) is 0 Å².